The van der Waals surface area contributed by atoms with Crippen molar-refractivity contribution in [2.75, 3.05) is 16.8 Å². The molecule has 1 saturated carbocycles. The molecule has 1 heterocycles. The summed E-state index contributed by atoms with van der Waals surface area (Å²) in [7, 11) is 0. The number of para-hydroxylation sites is 1. The van der Waals surface area contributed by atoms with E-state index < -0.39 is 0 Å². The number of anilines is 2. The molecule has 0 bridgehead atoms. The minimum absolute atomic E-state index is 0.0198. The Hall–Kier alpha value is -2.74. The average molecular weight is 443 g/mol. The van der Waals surface area contributed by atoms with Gasteiger partial charge in [-0.15, -0.1) is 11.3 Å². The molecule has 2 aromatic rings. The van der Waals surface area contributed by atoms with E-state index in [1.165, 1.54) is 22.7 Å². The van der Waals surface area contributed by atoms with Gasteiger partial charge < -0.3 is 15.5 Å². The van der Waals surface area contributed by atoms with Crippen LogP contribution in [-0.4, -0.2) is 35.3 Å². The number of carbonyl (C=O) groups excluding carboxylic acids is 3. The van der Waals surface area contributed by atoms with Crippen LogP contribution >= 0.6 is 11.3 Å². The summed E-state index contributed by atoms with van der Waals surface area (Å²) in [5.74, 6) is -0.661. The lowest BCUT2D eigenvalue weighted by Crippen LogP contribution is -2.45. The van der Waals surface area contributed by atoms with E-state index in [0.29, 0.717) is 5.13 Å². The zero-order chi connectivity index (χ0) is 22.1. The largest absolute Gasteiger partial charge is 0.352 e. The molecule has 1 fully saturated rings. The van der Waals surface area contributed by atoms with Crippen molar-refractivity contribution in [1.82, 2.24) is 10.3 Å². The maximum absolute atomic E-state index is 13.1. The first-order chi connectivity index (χ1) is 15.1. The number of nitrogens with zero attached hydrogens (tertiary/aromatic N) is 2. The minimum Gasteiger partial charge on any atom is -0.352 e. The summed E-state index contributed by atoms with van der Waals surface area (Å²) in [5, 5.41) is 8.06. The van der Waals surface area contributed by atoms with Crippen molar-refractivity contribution in [3.05, 3.63) is 41.4 Å². The van der Waals surface area contributed by atoms with Crippen LogP contribution in [0.5, 0.6) is 0 Å². The van der Waals surface area contributed by atoms with Crippen LogP contribution in [0.4, 0.5) is 10.8 Å². The van der Waals surface area contributed by atoms with Crippen molar-refractivity contribution < 1.29 is 14.4 Å². The number of thiazole rings is 1. The molecule has 0 atom stereocenters. The highest BCUT2D eigenvalue weighted by molar-refractivity contribution is 7.13. The third-order valence-electron chi connectivity index (χ3n) is 5.48. The highest BCUT2D eigenvalue weighted by Crippen LogP contribution is 2.23. The predicted molar refractivity (Wildman–Crippen MR) is 123 cm³/mol. The van der Waals surface area contributed by atoms with Gasteiger partial charge in [-0.3, -0.25) is 14.4 Å². The summed E-state index contributed by atoms with van der Waals surface area (Å²) in [6, 6.07) is 7.80. The molecule has 3 rings (SSSR count). The summed E-state index contributed by atoms with van der Waals surface area (Å²) in [6.45, 7) is 1.98. The van der Waals surface area contributed by atoms with Gasteiger partial charge in [-0.1, -0.05) is 44.4 Å². The van der Waals surface area contributed by atoms with Crippen LogP contribution in [0.1, 0.15) is 57.4 Å². The minimum atomic E-state index is -0.265. The van der Waals surface area contributed by atoms with E-state index in [1.54, 1.807) is 11.6 Å². The number of nitrogens with one attached hydrogen (secondary N) is 2. The summed E-state index contributed by atoms with van der Waals surface area (Å²) >= 11 is 1.33. The first kappa shape index (κ1) is 22.9. The molecule has 0 spiro atoms. The van der Waals surface area contributed by atoms with Crippen LogP contribution < -0.4 is 15.5 Å². The molecule has 1 aliphatic carbocycles. The number of amides is 3. The van der Waals surface area contributed by atoms with Crippen molar-refractivity contribution in [3.63, 3.8) is 0 Å². The topological polar surface area (TPSA) is 91.4 Å². The smallest absolute Gasteiger partial charge is 0.240 e. The Morgan fingerprint density at radius 3 is 2.58 bits per heavy atom. The Labute approximate surface area is 187 Å². The Balaban J connectivity index is 1.66. The number of rotatable bonds is 9. The maximum atomic E-state index is 13.1. The Kier molecular flexibility index (Phi) is 8.58. The molecule has 0 unspecified atom stereocenters. The first-order valence-corrected chi connectivity index (χ1v) is 11.8. The van der Waals surface area contributed by atoms with Crippen molar-refractivity contribution in [3.8, 4) is 0 Å². The second-order valence-electron chi connectivity index (χ2n) is 7.75. The molecule has 1 aliphatic rings. The second-order valence-corrected chi connectivity index (χ2v) is 8.64. The fourth-order valence-electron chi connectivity index (χ4n) is 3.87. The lowest BCUT2D eigenvalue weighted by atomic mass is 9.95. The molecule has 3 amide bonds. The average Bonchev–Trinajstić information content (AvgIpc) is 3.29. The number of aryl methyl sites for hydroxylation is 1. The van der Waals surface area contributed by atoms with Crippen molar-refractivity contribution in [2.45, 2.75) is 64.3 Å². The molecule has 1 aromatic carbocycles. The first-order valence-electron chi connectivity index (χ1n) is 10.9. The third-order valence-corrected chi connectivity index (χ3v) is 6.17. The quantitative estimate of drug-likeness (QED) is 0.616. The number of carbonyl (C=O) groups is 3. The Morgan fingerprint density at radius 1 is 1.10 bits per heavy atom. The normalized spacial score (nSPS) is 14.1. The van der Waals surface area contributed by atoms with Gasteiger partial charge in [-0.2, -0.15) is 0 Å². The molecule has 31 heavy (non-hydrogen) atoms. The van der Waals surface area contributed by atoms with E-state index in [2.05, 4.69) is 15.6 Å². The molecule has 1 aromatic heterocycles. The van der Waals surface area contributed by atoms with Gasteiger partial charge in [0.25, 0.3) is 0 Å². The molecule has 166 valence electrons. The van der Waals surface area contributed by atoms with Crippen LogP contribution in [-0.2, 0) is 20.8 Å². The summed E-state index contributed by atoms with van der Waals surface area (Å²) in [6.07, 6.45) is 7.85. The van der Waals surface area contributed by atoms with Crippen LogP contribution in [0.25, 0.3) is 0 Å². The zero-order valence-electron chi connectivity index (χ0n) is 17.9. The second kappa shape index (κ2) is 11.6. The van der Waals surface area contributed by atoms with E-state index >= 15 is 0 Å². The van der Waals surface area contributed by atoms with Gasteiger partial charge in [0.1, 0.15) is 6.54 Å². The number of hydrogen-bond acceptors (Lipinski definition) is 5. The molecule has 0 aliphatic heterocycles. The fourth-order valence-corrected chi connectivity index (χ4v) is 4.41. The number of hydrogen-bond donors (Lipinski definition) is 2. The number of benzene rings is 1. The van der Waals surface area contributed by atoms with Crippen LogP contribution in [0.2, 0.25) is 0 Å². The Morgan fingerprint density at radius 2 is 1.87 bits per heavy atom. The lowest BCUT2D eigenvalue weighted by molar-refractivity contribution is -0.125. The third kappa shape index (κ3) is 6.89. The Bertz CT molecular complexity index is 879. The lowest BCUT2D eigenvalue weighted by Gasteiger charge is -2.27. The predicted octanol–water partition coefficient (Wildman–Crippen LogP) is 3.91. The molecule has 0 saturated heterocycles. The standard InChI is InChI=1S/C23H30N4O3S/c1-2-17-8-6-7-11-19(17)27(16-21(29)25-18-9-4-3-5-10-18)22(30)13-12-20(28)26-23-24-14-15-31-23/h6-8,11,14-15,18H,2-5,9-10,12-13,16H2,1H3,(H,25,29)(H,24,26,28). The molecular weight excluding hydrogens is 412 g/mol. The van der Waals surface area contributed by atoms with Crippen molar-refractivity contribution >= 4 is 39.9 Å². The van der Waals surface area contributed by atoms with E-state index in [9.17, 15) is 14.4 Å². The van der Waals surface area contributed by atoms with E-state index in [-0.39, 0.29) is 43.1 Å². The van der Waals surface area contributed by atoms with Crippen LogP contribution in [0, 0.1) is 0 Å². The zero-order valence-corrected chi connectivity index (χ0v) is 18.7. The maximum Gasteiger partial charge on any atom is 0.240 e. The van der Waals surface area contributed by atoms with Gasteiger partial charge in [-0.25, -0.2) is 4.98 Å². The summed E-state index contributed by atoms with van der Waals surface area (Å²) in [5.41, 5.74) is 1.72. The van der Waals surface area contributed by atoms with E-state index in [0.717, 1.165) is 43.4 Å². The van der Waals surface area contributed by atoms with Crippen LogP contribution in [0.3, 0.4) is 0 Å². The highest BCUT2D eigenvalue weighted by Gasteiger charge is 2.24. The van der Waals surface area contributed by atoms with Gasteiger partial charge in [0, 0.05) is 36.1 Å². The van der Waals surface area contributed by atoms with Crippen LogP contribution in [0.15, 0.2) is 35.8 Å². The van der Waals surface area contributed by atoms with Crippen molar-refractivity contribution in [2.24, 2.45) is 0 Å². The molecule has 2 N–H and O–H groups in total. The molecular formula is C23H30N4O3S. The van der Waals surface area contributed by atoms with Gasteiger partial charge in [0.2, 0.25) is 17.7 Å². The monoisotopic (exact) mass is 442 g/mol. The summed E-state index contributed by atoms with van der Waals surface area (Å²) < 4.78 is 0. The van der Waals surface area contributed by atoms with Gasteiger partial charge in [-0.05, 0) is 30.9 Å². The molecule has 0 radical (unpaired) electrons. The van der Waals surface area contributed by atoms with Crippen molar-refractivity contribution in [1.29, 1.82) is 0 Å². The van der Waals surface area contributed by atoms with Gasteiger partial charge in [0.15, 0.2) is 5.13 Å². The molecule has 7 nitrogen and oxygen atoms in total. The van der Waals surface area contributed by atoms with Gasteiger partial charge >= 0.3 is 0 Å². The fraction of sp³-hybridized carbons (Fsp3) is 0.478. The van der Waals surface area contributed by atoms with E-state index in [1.807, 2.05) is 31.2 Å². The van der Waals surface area contributed by atoms with E-state index in [4.69, 9.17) is 0 Å². The highest BCUT2D eigenvalue weighted by atomic mass is 32.1. The summed E-state index contributed by atoms with van der Waals surface area (Å²) in [4.78, 5) is 43.6. The van der Waals surface area contributed by atoms with Gasteiger partial charge in [0.05, 0.1) is 0 Å². The SMILES string of the molecule is CCc1ccccc1N(CC(=O)NC1CCCCC1)C(=O)CCC(=O)Nc1nccs1. The number of aromatic nitrogens is 1. The molecule has 8 heteroatoms.